The molecule has 3 atom stereocenters. The monoisotopic (exact) mass is 530 g/mol. The van der Waals surface area contributed by atoms with E-state index >= 15 is 0 Å². The molecule has 4 N–H and O–H groups in total. The van der Waals surface area contributed by atoms with Crippen LogP contribution in [0.3, 0.4) is 0 Å². The third kappa shape index (κ3) is 11.4. The number of nitrogens with two attached hydrogens (primary N) is 1. The summed E-state index contributed by atoms with van der Waals surface area (Å²) in [6.45, 7) is 15.2. The minimum atomic E-state index is -1.11. The van der Waals surface area contributed by atoms with Crippen molar-refractivity contribution in [1.29, 1.82) is 0 Å². The number of nitrogens with zero attached hydrogens (tertiary/aromatic N) is 1. The molecule has 0 spiro atoms. The van der Waals surface area contributed by atoms with Crippen molar-refractivity contribution in [2.75, 3.05) is 6.54 Å². The SMILES string of the molecule is C=Cc1cccc(C(C(=O)NC(C)CCC)N(CCCC)C(=O)C(CCC(N)=O)NC(=O)OC(C)(C)C)c1. The second-order valence-electron chi connectivity index (χ2n) is 10.6. The predicted molar refractivity (Wildman–Crippen MR) is 150 cm³/mol. The molecular weight excluding hydrogens is 484 g/mol. The Balaban J connectivity index is 3.54. The van der Waals surface area contributed by atoms with Crippen LogP contribution in [0.25, 0.3) is 6.08 Å². The molecular formula is C29H46N4O5. The predicted octanol–water partition coefficient (Wildman–Crippen LogP) is 4.46. The topological polar surface area (TPSA) is 131 Å². The van der Waals surface area contributed by atoms with Crippen LogP contribution in [0.1, 0.15) is 97.2 Å². The van der Waals surface area contributed by atoms with Crippen LogP contribution in [-0.4, -0.2) is 52.9 Å². The molecule has 1 aromatic carbocycles. The normalized spacial score (nSPS) is 13.5. The number of amides is 4. The van der Waals surface area contributed by atoms with E-state index in [1.54, 1.807) is 32.9 Å². The van der Waals surface area contributed by atoms with Crippen molar-refractivity contribution in [2.45, 2.75) is 104 Å². The molecule has 9 heteroatoms. The Morgan fingerprint density at radius 1 is 1.11 bits per heavy atom. The Kier molecular flexibility index (Phi) is 13.6. The fraction of sp³-hybridized carbons (Fsp3) is 0.586. The third-order valence-electron chi connectivity index (χ3n) is 5.84. The van der Waals surface area contributed by atoms with Gasteiger partial charge >= 0.3 is 6.09 Å². The number of carbonyl (C=O) groups is 4. The number of hydrogen-bond donors (Lipinski definition) is 3. The van der Waals surface area contributed by atoms with Crippen LogP contribution >= 0.6 is 0 Å². The van der Waals surface area contributed by atoms with E-state index in [0.29, 0.717) is 12.0 Å². The maximum Gasteiger partial charge on any atom is 0.408 e. The van der Waals surface area contributed by atoms with Crippen LogP contribution in [0, 0.1) is 0 Å². The van der Waals surface area contributed by atoms with E-state index in [9.17, 15) is 19.2 Å². The summed E-state index contributed by atoms with van der Waals surface area (Å²) < 4.78 is 5.36. The summed E-state index contributed by atoms with van der Waals surface area (Å²) in [5.41, 5.74) is 6.01. The molecule has 9 nitrogen and oxygen atoms in total. The molecule has 0 heterocycles. The van der Waals surface area contributed by atoms with Gasteiger partial charge in [-0.2, -0.15) is 0 Å². The highest BCUT2D eigenvalue weighted by Gasteiger charge is 2.36. The van der Waals surface area contributed by atoms with Gasteiger partial charge in [-0.1, -0.05) is 57.5 Å². The summed E-state index contributed by atoms with van der Waals surface area (Å²) in [5, 5.41) is 5.65. The van der Waals surface area contributed by atoms with E-state index in [1.807, 2.05) is 39.0 Å². The van der Waals surface area contributed by atoms with Crippen LogP contribution in [0.2, 0.25) is 0 Å². The van der Waals surface area contributed by atoms with Gasteiger partial charge in [0.2, 0.25) is 17.7 Å². The first-order valence-corrected chi connectivity index (χ1v) is 13.4. The lowest BCUT2D eigenvalue weighted by molar-refractivity contribution is -0.143. The van der Waals surface area contributed by atoms with Crippen molar-refractivity contribution < 1.29 is 23.9 Å². The molecule has 1 rings (SSSR count). The summed E-state index contributed by atoms with van der Waals surface area (Å²) >= 11 is 0. The lowest BCUT2D eigenvalue weighted by Gasteiger charge is -2.35. The summed E-state index contributed by atoms with van der Waals surface area (Å²) in [4.78, 5) is 53.5. The van der Waals surface area contributed by atoms with Crippen molar-refractivity contribution in [3.8, 4) is 0 Å². The molecule has 4 amide bonds. The van der Waals surface area contributed by atoms with Gasteiger partial charge in [-0.05, 0) is 64.2 Å². The number of ether oxygens (including phenoxy) is 1. The second-order valence-corrected chi connectivity index (χ2v) is 10.6. The molecule has 0 radical (unpaired) electrons. The molecule has 0 aliphatic carbocycles. The Labute approximate surface area is 227 Å². The zero-order valence-electron chi connectivity index (χ0n) is 23.8. The lowest BCUT2D eigenvalue weighted by Crippen LogP contribution is -2.54. The summed E-state index contributed by atoms with van der Waals surface area (Å²) in [7, 11) is 0. The molecule has 38 heavy (non-hydrogen) atoms. The minimum absolute atomic E-state index is 0.0245. The standard InChI is InChI=1S/C29H46N4O5/c1-8-11-18-33(27(36)23(16-17-24(30)34)32-28(37)38-29(5,6)7)25(26(35)31-20(4)13-9-2)22-15-12-14-21(10-3)19-22/h10,12,14-15,19-20,23,25H,3,8-9,11,13,16-18H2,1-2,4-7H3,(H2,30,34)(H,31,35)(H,32,37). The number of alkyl carbamates (subject to hydrolysis) is 1. The molecule has 0 saturated carbocycles. The molecule has 3 unspecified atom stereocenters. The highest BCUT2D eigenvalue weighted by molar-refractivity contribution is 5.92. The molecule has 0 aromatic heterocycles. The number of unbranched alkanes of at least 4 members (excludes halogenated alkanes) is 1. The molecule has 0 aliphatic rings. The quantitative estimate of drug-likeness (QED) is 0.308. The van der Waals surface area contributed by atoms with Crippen molar-refractivity contribution >= 4 is 29.9 Å². The van der Waals surface area contributed by atoms with Gasteiger partial charge in [-0.25, -0.2) is 4.79 Å². The molecule has 0 fully saturated rings. The van der Waals surface area contributed by atoms with Gasteiger partial charge in [0.25, 0.3) is 0 Å². The number of rotatable bonds is 15. The lowest BCUT2D eigenvalue weighted by atomic mass is 9.98. The van der Waals surface area contributed by atoms with E-state index in [2.05, 4.69) is 17.2 Å². The Morgan fingerprint density at radius 3 is 2.34 bits per heavy atom. The van der Waals surface area contributed by atoms with Crippen molar-refractivity contribution in [1.82, 2.24) is 15.5 Å². The maximum absolute atomic E-state index is 14.1. The minimum Gasteiger partial charge on any atom is -0.444 e. The first-order chi connectivity index (χ1) is 17.8. The largest absolute Gasteiger partial charge is 0.444 e. The van der Waals surface area contributed by atoms with Gasteiger partial charge in [0.05, 0.1) is 0 Å². The first-order valence-electron chi connectivity index (χ1n) is 13.4. The summed E-state index contributed by atoms with van der Waals surface area (Å²) in [5.74, 6) is -1.41. The van der Waals surface area contributed by atoms with Crippen molar-refractivity contribution in [3.63, 3.8) is 0 Å². The maximum atomic E-state index is 14.1. The Morgan fingerprint density at radius 2 is 1.79 bits per heavy atom. The van der Waals surface area contributed by atoms with Gasteiger partial charge in [-0.15, -0.1) is 0 Å². The molecule has 0 saturated heterocycles. The van der Waals surface area contributed by atoms with Gasteiger partial charge < -0.3 is 26.0 Å². The fourth-order valence-electron chi connectivity index (χ4n) is 4.04. The average Bonchev–Trinajstić information content (AvgIpc) is 2.82. The highest BCUT2D eigenvalue weighted by atomic mass is 16.6. The number of benzene rings is 1. The smallest absolute Gasteiger partial charge is 0.408 e. The first kappa shape index (κ1) is 32.7. The van der Waals surface area contributed by atoms with E-state index in [1.165, 1.54) is 4.90 Å². The van der Waals surface area contributed by atoms with Gasteiger partial charge in [0.15, 0.2) is 0 Å². The van der Waals surface area contributed by atoms with Crippen molar-refractivity contribution in [2.24, 2.45) is 5.73 Å². The Bertz CT molecular complexity index is 957. The van der Waals surface area contributed by atoms with Gasteiger partial charge in [0.1, 0.15) is 17.7 Å². The fourth-order valence-corrected chi connectivity index (χ4v) is 4.04. The van der Waals surface area contributed by atoms with Crippen LogP contribution in [0.4, 0.5) is 4.79 Å². The van der Waals surface area contributed by atoms with Gasteiger partial charge in [-0.3, -0.25) is 14.4 Å². The zero-order chi connectivity index (χ0) is 28.9. The molecule has 212 valence electrons. The number of hydrogen-bond acceptors (Lipinski definition) is 5. The molecule has 0 bridgehead atoms. The van der Waals surface area contributed by atoms with Gasteiger partial charge in [0, 0.05) is 19.0 Å². The Hall–Kier alpha value is -3.36. The number of nitrogens with one attached hydrogen (secondary N) is 2. The summed E-state index contributed by atoms with van der Waals surface area (Å²) in [6.07, 6.45) is 3.84. The summed E-state index contributed by atoms with van der Waals surface area (Å²) in [6, 6.07) is 5.15. The van der Waals surface area contributed by atoms with Crippen LogP contribution in [0.15, 0.2) is 30.8 Å². The highest BCUT2D eigenvalue weighted by Crippen LogP contribution is 2.26. The van der Waals surface area contributed by atoms with Crippen LogP contribution in [0.5, 0.6) is 0 Å². The average molecular weight is 531 g/mol. The van der Waals surface area contributed by atoms with Crippen LogP contribution < -0.4 is 16.4 Å². The number of carbonyl (C=O) groups excluding carboxylic acids is 4. The molecule has 0 aliphatic heterocycles. The van der Waals surface area contributed by atoms with E-state index < -0.39 is 35.6 Å². The zero-order valence-corrected chi connectivity index (χ0v) is 23.8. The second kappa shape index (κ2) is 15.8. The van der Waals surface area contributed by atoms with Crippen molar-refractivity contribution in [3.05, 3.63) is 42.0 Å². The van der Waals surface area contributed by atoms with E-state index in [4.69, 9.17) is 10.5 Å². The van der Waals surface area contributed by atoms with E-state index in [-0.39, 0.29) is 31.3 Å². The van der Waals surface area contributed by atoms with E-state index in [0.717, 1.165) is 24.8 Å². The third-order valence-corrected chi connectivity index (χ3v) is 5.84. The number of primary amides is 1. The van der Waals surface area contributed by atoms with Crippen LogP contribution in [-0.2, 0) is 19.1 Å². The molecule has 1 aromatic rings.